The van der Waals surface area contributed by atoms with Crippen LogP contribution in [-0.4, -0.2) is 57.5 Å². The zero-order chi connectivity index (χ0) is 21.3. The molecule has 0 radical (unpaired) electrons. The second kappa shape index (κ2) is 10.7. The smallest absolute Gasteiger partial charge is 0.321 e. The lowest BCUT2D eigenvalue weighted by Gasteiger charge is -2.31. The van der Waals surface area contributed by atoms with Gasteiger partial charge in [0, 0.05) is 44.1 Å². The van der Waals surface area contributed by atoms with E-state index in [1.54, 1.807) is 18.0 Å². The van der Waals surface area contributed by atoms with Gasteiger partial charge < -0.3 is 29.3 Å². The third-order valence-corrected chi connectivity index (χ3v) is 4.89. The van der Waals surface area contributed by atoms with Gasteiger partial charge >= 0.3 is 6.03 Å². The Labute approximate surface area is 178 Å². The Kier molecular flexibility index (Phi) is 7.79. The fourth-order valence-corrected chi connectivity index (χ4v) is 3.43. The normalized spacial score (nSPS) is 13.6. The molecule has 0 aliphatic carbocycles. The van der Waals surface area contributed by atoms with Crippen LogP contribution < -0.4 is 19.7 Å². The van der Waals surface area contributed by atoms with Crippen LogP contribution >= 0.6 is 0 Å². The molecule has 1 saturated heterocycles. The number of benzene rings is 2. The van der Waals surface area contributed by atoms with Crippen LogP contribution in [0.3, 0.4) is 0 Å². The summed E-state index contributed by atoms with van der Waals surface area (Å²) in [4.78, 5) is 16.8. The van der Waals surface area contributed by atoms with Crippen molar-refractivity contribution in [3.8, 4) is 11.5 Å². The van der Waals surface area contributed by atoms with Gasteiger partial charge in [-0.3, -0.25) is 0 Å². The van der Waals surface area contributed by atoms with Gasteiger partial charge in [0.1, 0.15) is 0 Å². The first kappa shape index (κ1) is 21.8. The van der Waals surface area contributed by atoms with Crippen LogP contribution in [0.1, 0.15) is 19.4 Å². The number of ether oxygens (including phenoxy) is 3. The zero-order valence-electron chi connectivity index (χ0n) is 18.0. The molecule has 7 heteroatoms. The molecule has 30 heavy (non-hydrogen) atoms. The highest BCUT2D eigenvalue weighted by Gasteiger charge is 2.17. The molecule has 0 saturated carbocycles. The van der Waals surface area contributed by atoms with Crippen molar-refractivity contribution >= 4 is 17.4 Å². The van der Waals surface area contributed by atoms with Crippen LogP contribution in [0.15, 0.2) is 42.5 Å². The van der Waals surface area contributed by atoms with Crippen LogP contribution in [0.2, 0.25) is 0 Å². The van der Waals surface area contributed by atoms with Crippen LogP contribution in [0, 0.1) is 0 Å². The van der Waals surface area contributed by atoms with Crippen LogP contribution in [0.25, 0.3) is 0 Å². The number of hydrogen-bond acceptors (Lipinski definition) is 5. The van der Waals surface area contributed by atoms with E-state index < -0.39 is 0 Å². The zero-order valence-corrected chi connectivity index (χ0v) is 18.0. The SMILES string of the molecule is CCOc1ccc(NC(=O)N(C)Cc2ccccc2N2CCOCC2)cc1OCC. The number of hydrogen-bond donors (Lipinski definition) is 1. The largest absolute Gasteiger partial charge is 0.490 e. The molecular weight excluding hydrogens is 382 g/mol. The average molecular weight is 414 g/mol. The summed E-state index contributed by atoms with van der Waals surface area (Å²) in [5.74, 6) is 1.29. The Bertz CT molecular complexity index is 837. The minimum Gasteiger partial charge on any atom is -0.490 e. The molecule has 0 unspecified atom stereocenters. The third-order valence-electron chi connectivity index (χ3n) is 4.89. The van der Waals surface area contributed by atoms with Crippen molar-refractivity contribution in [1.29, 1.82) is 0 Å². The summed E-state index contributed by atoms with van der Waals surface area (Å²) in [7, 11) is 1.80. The summed E-state index contributed by atoms with van der Waals surface area (Å²) >= 11 is 0. The molecule has 0 atom stereocenters. The molecule has 0 aromatic heterocycles. The summed E-state index contributed by atoms with van der Waals surface area (Å²) in [6.45, 7) is 8.60. The van der Waals surface area contributed by atoms with E-state index in [1.165, 1.54) is 0 Å². The second-order valence-electron chi connectivity index (χ2n) is 7.04. The van der Waals surface area contributed by atoms with Gasteiger partial charge in [0.05, 0.1) is 26.4 Å². The van der Waals surface area contributed by atoms with Gasteiger partial charge in [-0.05, 0) is 37.6 Å². The molecule has 1 fully saturated rings. The van der Waals surface area contributed by atoms with Crippen molar-refractivity contribution in [2.24, 2.45) is 0 Å². The Morgan fingerprint density at radius 1 is 1.07 bits per heavy atom. The lowest BCUT2D eigenvalue weighted by Crippen LogP contribution is -2.37. The first-order valence-electron chi connectivity index (χ1n) is 10.4. The number of carbonyl (C=O) groups is 1. The number of para-hydroxylation sites is 1. The molecule has 2 aromatic rings. The van der Waals surface area contributed by atoms with Crippen molar-refractivity contribution in [1.82, 2.24) is 4.90 Å². The van der Waals surface area contributed by atoms with Gasteiger partial charge in [-0.15, -0.1) is 0 Å². The van der Waals surface area contributed by atoms with E-state index in [4.69, 9.17) is 14.2 Å². The molecule has 1 aliphatic heterocycles. The topological polar surface area (TPSA) is 63.3 Å². The average Bonchev–Trinajstić information content (AvgIpc) is 2.77. The third kappa shape index (κ3) is 5.57. The van der Waals surface area contributed by atoms with Crippen molar-refractivity contribution < 1.29 is 19.0 Å². The number of anilines is 2. The number of morpholine rings is 1. The van der Waals surface area contributed by atoms with Crippen molar-refractivity contribution in [2.45, 2.75) is 20.4 Å². The van der Waals surface area contributed by atoms with E-state index in [0.717, 1.165) is 37.6 Å². The fraction of sp³-hybridized carbons (Fsp3) is 0.435. The summed E-state index contributed by atoms with van der Waals surface area (Å²) in [5, 5.41) is 2.95. The van der Waals surface area contributed by atoms with Gasteiger partial charge in [-0.25, -0.2) is 4.79 Å². The lowest BCUT2D eigenvalue weighted by molar-refractivity contribution is 0.122. The van der Waals surface area contributed by atoms with Gasteiger partial charge in [0.15, 0.2) is 11.5 Å². The molecule has 0 spiro atoms. The van der Waals surface area contributed by atoms with E-state index >= 15 is 0 Å². The lowest BCUT2D eigenvalue weighted by atomic mass is 10.1. The Morgan fingerprint density at radius 3 is 2.50 bits per heavy atom. The van der Waals surface area contributed by atoms with E-state index in [0.29, 0.717) is 36.9 Å². The fourth-order valence-electron chi connectivity index (χ4n) is 3.43. The number of nitrogens with one attached hydrogen (secondary N) is 1. The van der Waals surface area contributed by atoms with Crippen LogP contribution in [0.5, 0.6) is 11.5 Å². The Morgan fingerprint density at radius 2 is 1.77 bits per heavy atom. The first-order valence-corrected chi connectivity index (χ1v) is 10.4. The van der Waals surface area contributed by atoms with Crippen molar-refractivity contribution in [2.75, 3.05) is 56.8 Å². The highest BCUT2D eigenvalue weighted by Crippen LogP contribution is 2.31. The molecule has 162 valence electrons. The van der Waals surface area contributed by atoms with Crippen LogP contribution in [0.4, 0.5) is 16.2 Å². The molecule has 1 aliphatic rings. The predicted molar refractivity (Wildman–Crippen MR) is 119 cm³/mol. The molecule has 2 aromatic carbocycles. The maximum Gasteiger partial charge on any atom is 0.321 e. The molecular formula is C23H31N3O4. The number of nitrogens with zero attached hydrogens (tertiary/aromatic N) is 2. The predicted octanol–water partition coefficient (Wildman–Crippen LogP) is 3.98. The van der Waals surface area contributed by atoms with Gasteiger partial charge in [-0.2, -0.15) is 0 Å². The highest BCUT2D eigenvalue weighted by molar-refractivity contribution is 5.89. The summed E-state index contributed by atoms with van der Waals surface area (Å²) in [6, 6.07) is 13.5. The standard InChI is InChI=1S/C23H31N3O4/c1-4-29-21-11-10-19(16-22(21)30-5-2)24-23(27)25(3)17-18-8-6-7-9-20(18)26-12-14-28-15-13-26/h6-11,16H,4-5,12-15,17H2,1-3H3,(H,24,27). The Hall–Kier alpha value is -2.93. The van der Waals surface area contributed by atoms with E-state index in [2.05, 4.69) is 22.3 Å². The number of carbonyl (C=O) groups excluding carboxylic acids is 1. The molecule has 7 nitrogen and oxygen atoms in total. The molecule has 1 heterocycles. The monoisotopic (exact) mass is 413 g/mol. The second-order valence-corrected chi connectivity index (χ2v) is 7.04. The van der Waals surface area contributed by atoms with Gasteiger partial charge in [-0.1, -0.05) is 18.2 Å². The number of urea groups is 1. The Balaban J connectivity index is 1.67. The molecule has 1 N–H and O–H groups in total. The van der Waals surface area contributed by atoms with Gasteiger partial charge in [0.25, 0.3) is 0 Å². The quantitative estimate of drug-likeness (QED) is 0.709. The van der Waals surface area contributed by atoms with E-state index in [-0.39, 0.29) is 6.03 Å². The molecule has 2 amide bonds. The van der Waals surface area contributed by atoms with Crippen molar-refractivity contribution in [3.63, 3.8) is 0 Å². The van der Waals surface area contributed by atoms with Gasteiger partial charge in [0.2, 0.25) is 0 Å². The minimum absolute atomic E-state index is 0.182. The summed E-state index contributed by atoms with van der Waals surface area (Å²) < 4.78 is 16.7. The van der Waals surface area contributed by atoms with E-state index in [1.807, 2.05) is 38.1 Å². The number of rotatable bonds is 8. The molecule has 0 bridgehead atoms. The molecule has 3 rings (SSSR count). The minimum atomic E-state index is -0.182. The summed E-state index contributed by atoms with van der Waals surface area (Å²) in [5.41, 5.74) is 2.93. The maximum atomic E-state index is 12.8. The first-order chi connectivity index (χ1) is 14.6. The van der Waals surface area contributed by atoms with Crippen molar-refractivity contribution in [3.05, 3.63) is 48.0 Å². The van der Waals surface area contributed by atoms with Crippen LogP contribution in [-0.2, 0) is 11.3 Å². The summed E-state index contributed by atoms with van der Waals surface area (Å²) in [6.07, 6.45) is 0. The number of amides is 2. The highest BCUT2D eigenvalue weighted by atomic mass is 16.5. The maximum absolute atomic E-state index is 12.8. The van der Waals surface area contributed by atoms with E-state index in [9.17, 15) is 4.79 Å².